The number of likely N-dealkylation sites (N-methyl/N-ethyl adjacent to an activating group) is 2. The lowest BCUT2D eigenvalue weighted by atomic mass is 10.0. The van der Waals surface area contributed by atoms with Crippen molar-refractivity contribution in [2.24, 2.45) is 10.2 Å². The van der Waals surface area contributed by atoms with Gasteiger partial charge in [-0.05, 0) is 57.7 Å². The number of nitrogens with two attached hydrogens (primary N) is 1. The number of carbonyl (C=O) groups is 2. The molecule has 3 rings (SSSR count). The van der Waals surface area contributed by atoms with Crippen molar-refractivity contribution in [2.45, 2.75) is 25.3 Å². The van der Waals surface area contributed by atoms with Gasteiger partial charge >= 0.3 is 5.97 Å². The first-order chi connectivity index (χ1) is 15.0. The fourth-order valence-electron chi connectivity index (χ4n) is 3.25. The first-order valence-electron chi connectivity index (χ1n) is 10.1. The summed E-state index contributed by atoms with van der Waals surface area (Å²) in [6.07, 6.45) is 2.86. The summed E-state index contributed by atoms with van der Waals surface area (Å²) >= 11 is 0. The van der Waals surface area contributed by atoms with Crippen LogP contribution in [-0.4, -0.2) is 55.0 Å². The largest absolute Gasteiger partial charge is 0.423 e. The Bertz CT molecular complexity index is 964. The second kappa shape index (κ2) is 10.6. The summed E-state index contributed by atoms with van der Waals surface area (Å²) in [5.74, 6) is 0.237. The van der Waals surface area contributed by atoms with Gasteiger partial charge in [0.2, 0.25) is 5.91 Å². The number of esters is 1. The molecule has 1 fully saturated rings. The zero-order valence-corrected chi connectivity index (χ0v) is 17.7. The Morgan fingerprint density at radius 2 is 1.97 bits per heavy atom. The van der Waals surface area contributed by atoms with Crippen molar-refractivity contribution >= 4 is 34.9 Å². The maximum Gasteiger partial charge on any atom is 0.328 e. The van der Waals surface area contributed by atoms with Gasteiger partial charge in [0.05, 0.1) is 6.54 Å². The van der Waals surface area contributed by atoms with Crippen LogP contribution in [0.15, 0.2) is 46.6 Å². The molecule has 4 N–H and O–H groups in total. The number of ether oxygens (including phenoxy) is 1. The van der Waals surface area contributed by atoms with E-state index >= 15 is 0 Å². The Balaban J connectivity index is 1.71. The van der Waals surface area contributed by atoms with E-state index < -0.39 is 0 Å². The van der Waals surface area contributed by atoms with Crippen LogP contribution in [0.1, 0.15) is 19.3 Å². The molecule has 1 aromatic carbocycles. The Morgan fingerprint density at radius 1 is 1.19 bits per heavy atom. The minimum atomic E-state index is -0.298. The van der Waals surface area contributed by atoms with Crippen LogP contribution in [0, 0.1) is 0 Å². The number of amides is 1. The number of piperidine rings is 1. The van der Waals surface area contributed by atoms with Crippen LogP contribution < -0.4 is 21.1 Å². The molecule has 0 bridgehead atoms. The average molecular weight is 425 g/mol. The third-order valence-electron chi connectivity index (χ3n) is 4.89. The number of nitrogen functional groups attached to an aromatic ring is 1. The van der Waals surface area contributed by atoms with Crippen LogP contribution in [0.4, 0.5) is 23.0 Å². The lowest BCUT2D eigenvalue weighted by molar-refractivity contribution is -0.141. The predicted molar refractivity (Wildman–Crippen MR) is 118 cm³/mol. The summed E-state index contributed by atoms with van der Waals surface area (Å²) in [7, 11) is 3.60. The Morgan fingerprint density at radius 3 is 2.71 bits per heavy atom. The SMILES string of the molecule is CNCC(=O)Nc1ccc(/N=N/c2ccccc2OC(=O)[C@@H]2CCCCN2C)c(N)n1. The van der Waals surface area contributed by atoms with Crippen molar-refractivity contribution in [1.29, 1.82) is 0 Å². The number of nitrogens with one attached hydrogen (secondary N) is 2. The highest BCUT2D eigenvalue weighted by Gasteiger charge is 2.28. The molecule has 1 aromatic heterocycles. The number of aromatic nitrogens is 1. The Kier molecular flexibility index (Phi) is 7.63. The second-order valence-corrected chi connectivity index (χ2v) is 7.26. The molecule has 10 heteroatoms. The molecule has 10 nitrogen and oxygen atoms in total. The van der Waals surface area contributed by atoms with E-state index in [-0.39, 0.29) is 30.3 Å². The first kappa shape index (κ1) is 22.3. The maximum absolute atomic E-state index is 12.6. The standard InChI is InChI=1S/C21H27N7O3/c1-23-13-19(29)24-18-11-10-15(20(22)25-18)27-26-14-7-3-4-9-17(14)31-21(30)16-8-5-6-12-28(16)2/h3-4,7,9-11,16,23H,5-6,8,12-13H2,1-2H3,(H3,22,24,25,29)/b27-26+/t16-/m0/s1. The van der Waals surface area contributed by atoms with E-state index in [9.17, 15) is 9.59 Å². The number of carbonyl (C=O) groups excluding carboxylic acids is 2. The minimum absolute atomic E-state index is 0.115. The van der Waals surface area contributed by atoms with Crippen molar-refractivity contribution in [3.63, 3.8) is 0 Å². The topological polar surface area (TPSA) is 134 Å². The fraction of sp³-hybridized carbons (Fsp3) is 0.381. The molecular formula is C21H27N7O3. The van der Waals surface area contributed by atoms with E-state index in [0.29, 0.717) is 22.9 Å². The van der Waals surface area contributed by atoms with Crippen molar-refractivity contribution in [3.8, 4) is 5.75 Å². The molecule has 0 spiro atoms. The summed E-state index contributed by atoms with van der Waals surface area (Å²) < 4.78 is 5.63. The molecule has 0 saturated carbocycles. The van der Waals surface area contributed by atoms with Crippen LogP contribution in [0.25, 0.3) is 0 Å². The third-order valence-corrected chi connectivity index (χ3v) is 4.89. The van der Waals surface area contributed by atoms with Crippen molar-refractivity contribution < 1.29 is 14.3 Å². The minimum Gasteiger partial charge on any atom is -0.423 e. The number of azo groups is 1. The average Bonchev–Trinajstić information content (AvgIpc) is 2.74. The summed E-state index contributed by atoms with van der Waals surface area (Å²) in [4.78, 5) is 30.4. The second-order valence-electron chi connectivity index (χ2n) is 7.26. The van der Waals surface area contributed by atoms with Crippen LogP contribution in [0.3, 0.4) is 0 Å². The molecule has 1 atom stereocenters. The number of pyridine rings is 1. The number of anilines is 2. The molecule has 0 radical (unpaired) electrons. The van der Waals surface area contributed by atoms with Crippen LogP contribution >= 0.6 is 0 Å². The number of hydrogen-bond acceptors (Lipinski definition) is 9. The summed E-state index contributed by atoms with van der Waals surface area (Å²) in [5, 5.41) is 13.7. The Labute approximate surface area is 180 Å². The van der Waals surface area contributed by atoms with Gasteiger partial charge in [-0.3, -0.25) is 9.69 Å². The molecule has 1 aliphatic heterocycles. The maximum atomic E-state index is 12.6. The van der Waals surface area contributed by atoms with E-state index in [4.69, 9.17) is 10.5 Å². The highest BCUT2D eigenvalue weighted by molar-refractivity contribution is 5.91. The number of nitrogens with zero attached hydrogens (tertiary/aromatic N) is 4. The Hall–Kier alpha value is -3.37. The molecule has 1 amide bonds. The summed E-state index contributed by atoms with van der Waals surface area (Å²) in [6, 6.07) is 9.86. The van der Waals surface area contributed by atoms with Crippen molar-refractivity contribution in [2.75, 3.05) is 38.2 Å². The molecule has 164 valence electrons. The molecule has 1 aliphatic rings. The van der Waals surface area contributed by atoms with E-state index in [2.05, 4.69) is 25.8 Å². The molecule has 31 heavy (non-hydrogen) atoms. The zero-order valence-electron chi connectivity index (χ0n) is 17.7. The van der Waals surface area contributed by atoms with Crippen LogP contribution in [0.5, 0.6) is 5.75 Å². The number of rotatable bonds is 7. The first-order valence-corrected chi connectivity index (χ1v) is 10.1. The van der Waals surface area contributed by atoms with Gasteiger partial charge in [-0.25, -0.2) is 9.78 Å². The zero-order chi connectivity index (χ0) is 22.2. The third kappa shape index (κ3) is 6.06. The number of likely N-dealkylation sites (tertiary alicyclic amines) is 1. The lowest BCUT2D eigenvalue weighted by Crippen LogP contribution is -2.44. The highest BCUT2D eigenvalue weighted by Crippen LogP contribution is 2.31. The van der Waals surface area contributed by atoms with E-state index in [1.165, 1.54) is 0 Å². The quantitative estimate of drug-likeness (QED) is 0.353. The van der Waals surface area contributed by atoms with E-state index in [1.54, 1.807) is 43.4 Å². The summed E-state index contributed by atoms with van der Waals surface area (Å²) in [6.45, 7) is 1.04. The van der Waals surface area contributed by atoms with Gasteiger partial charge < -0.3 is 21.1 Å². The molecule has 0 unspecified atom stereocenters. The molecule has 1 saturated heterocycles. The number of hydrogen-bond donors (Lipinski definition) is 3. The smallest absolute Gasteiger partial charge is 0.328 e. The highest BCUT2D eigenvalue weighted by atomic mass is 16.5. The monoisotopic (exact) mass is 425 g/mol. The summed E-state index contributed by atoms with van der Waals surface area (Å²) in [5.41, 5.74) is 6.68. The van der Waals surface area contributed by atoms with Crippen LogP contribution in [0.2, 0.25) is 0 Å². The van der Waals surface area contributed by atoms with Gasteiger partial charge in [0.15, 0.2) is 11.6 Å². The van der Waals surface area contributed by atoms with Gasteiger partial charge in [-0.15, -0.1) is 10.2 Å². The number of benzene rings is 1. The molecule has 2 aromatic rings. The van der Waals surface area contributed by atoms with Gasteiger partial charge in [0.25, 0.3) is 0 Å². The van der Waals surface area contributed by atoms with E-state index in [0.717, 1.165) is 25.8 Å². The molecular weight excluding hydrogens is 398 g/mol. The number of para-hydroxylation sites is 1. The van der Waals surface area contributed by atoms with Crippen molar-refractivity contribution in [1.82, 2.24) is 15.2 Å². The molecule has 2 heterocycles. The fourth-order valence-corrected chi connectivity index (χ4v) is 3.25. The van der Waals surface area contributed by atoms with Crippen molar-refractivity contribution in [3.05, 3.63) is 36.4 Å². The lowest BCUT2D eigenvalue weighted by Gasteiger charge is -2.30. The molecule has 0 aliphatic carbocycles. The van der Waals surface area contributed by atoms with Crippen LogP contribution in [-0.2, 0) is 9.59 Å². The predicted octanol–water partition coefficient (Wildman–Crippen LogP) is 2.63. The normalized spacial score (nSPS) is 16.9. The van der Waals surface area contributed by atoms with Gasteiger partial charge in [-0.1, -0.05) is 18.6 Å². The van der Waals surface area contributed by atoms with Gasteiger partial charge in [-0.2, -0.15) is 0 Å². The van der Waals surface area contributed by atoms with Gasteiger partial charge in [0, 0.05) is 0 Å². The van der Waals surface area contributed by atoms with E-state index in [1.807, 2.05) is 11.9 Å². The van der Waals surface area contributed by atoms with Gasteiger partial charge in [0.1, 0.15) is 23.2 Å².